The van der Waals surface area contributed by atoms with Gasteiger partial charge in [0, 0.05) is 27.8 Å². The van der Waals surface area contributed by atoms with E-state index in [1.54, 1.807) is 0 Å². The summed E-state index contributed by atoms with van der Waals surface area (Å²) in [4.78, 5) is 0. The molecular formula is C8H7Br2NS. The quantitative estimate of drug-likeness (QED) is 0.631. The molecule has 0 radical (unpaired) electrons. The highest BCUT2D eigenvalue weighted by atomic mass is 79.9. The van der Waals surface area contributed by atoms with Crippen LogP contribution in [-0.2, 0) is 0 Å². The molecule has 0 bridgehead atoms. The Bertz CT molecular complexity index is 306. The third-order valence-corrected chi connectivity index (χ3v) is 4.69. The topological polar surface area (TPSA) is 3.24 Å². The molecule has 0 aromatic carbocycles. The zero-order valence-electron chi connectivity index (χ0n) is 6.42. The minimum Gasteiger partial charge on any atom is -0.325 e. The zero-order chi connectivity index (χ0) is 8.72. The summed E-state index contributed by atoms with van der Waals surface area (Å²) in [6.07, 6.45) is 6.33. The Kier molecular flexibility index (Phi) is 2.40. The van der Waals surface area contributed by atoms with E-state index in [-0.39, 0.29) is 0 Å². The van der Waals surface area contributed by atoms with Gasteiger partial charge in [0.2, 0.25) is 0 Å². The van der Waals surface area contributed by atoms with Gasteiger partial charge in [0.05, 0.1) is 5.25 Å². The van der Waals surface area contributed by atoms with Crippen LogP contribution in [0, 0.1) is 0 Å². The van der Waals surface area contributed by atoms with Gasteiger partial charge >= 0.3 is 0 Å². The van der Waals surface area contributed by atoms with Crippen LogP contribution in [-0.4, -0.2) is 16.6 Å². The van der Waals surface area contributed by atoms with E-state index in [0.717, 1.165) is 0 Å². The molecule has 1 nitrogen and oxygen atoms in total. The molecule has 0 amide bonds. The van der Waals surface area contributed by atoms with Gasteiger partial charge in [-0.2, -0.15) is 0 Å². The minimum absolute atomic E-state index is 0.453. The number of hydrogen-bond donors (Lipinski definition) is 0. The van der Waals surface area contributed by atoms with E-state index in [1.807, 2.05) is 11.9 Å². The molecule has 0 saturated heterocycles. The summed E-state index contributed by atoms with van der Waals surface area (Å²) in [5, 5.41) is 0.453. The highest BCUT2D eigenvalue weighted by Gasteiger charge is 2.29. The summed E-state index contributed by atoms with van der Waals surface area (Å²) in [6.45, 7) is 0. The summed E-state index contributed by atoms with van der Waals surface area (Å²) in [5.41, 5.74) is 1.34. The van der Waals surface area contributed by atoms with Crippen molar-refractivity contribution in [3.05, 3.63) is 32.9 Å². The van der Waals surface area contributed by atoms with Gasteiger partial charge in [-0.3, -0.25) is 0 Å². The molecule has 0 aromatic heterocycles. The van der Waals surface area contributed by atoms with Gasteiger partial charge in [0.15, 0.2) is 0 Å². The van der Waals surface area contributed by atoms with Gasteiger partial charge in [-0.15, -0.1) is 0 Å². The van der Waals surface area contributed by atoms with Crippen molar-refractivity contribution in [1.29, 1.82) is 0 Å². The molecule has 1 aliphatic carbocycles. The van der Waals surface area contributed by atoms with Gasteiger partial charge in [0.1, 0.15) is 0 Å². The van der Waals surface area contributed by atoms with Crippen LogP contribution in [0.4, 0.5) is 0 Å². The highest BCUT2D eigenvalue weighted by Crippen LogP contribution is 2.44. The first-order valence-electron chi connectivity index (χ1n) is 3.53. The predicted octanol–water partition coefficient (Wildman–Crippen LogP) is 3.40. The lowest BCUT2D eigenvalue weighted by atomic mass is 10.1. The lowest BCUT2D eigenvalue weighted by Crippen LogP contribution is -2.06. The van der Waals surface area contributed by atoms with Crippen LogP contribution < -0.4 is 0 Å². The molecule has 1 aliphatic heterocycles. The van der Waals surface area contributed by atoms with Crippen LogP contribution in [0.25, 0.3) is 0 Å². The van der Waals surface area contributed by atoms with Crippen molar-refractivity contribution in [2.24, 2.45) is 0 Å². The molecule has 0 saturated carbocycles. The fraction of sp³-hybridized carbons (Fsp3) is 0.250. The number of fused-ring (bicyclic) bond motifs is 1. The molecule has 1 heterocycles. The summed E-state index contributed by atoms with van der Waals surface area (Å²) >= 11 is 8.91. The standard InChI is InChI=1S/C8H7Br2NS/c1-11-4-5-6(9)2-3-7(10)8(5)12-11/h2-4,8H,1H3. The maximum absolute atomic E-state index is 3.56. The summed E-state index contributed by atoms with van der Waals surface area (Å²) < 4.78 is 4.56. The van der Waals surface area contributed by atoms with Crippen LogP contribution >= 0.6 is 43.8 Å². The number of halogens is 2. The van der Waals surface area contributed by atoms with Gasteiger partial charge < -0.3 is 4.31 Å². The van der Waals surface area contributed by atoms with Crippen LogP contribution in [0.5, 0.6) is 0 Å². The Labute approximate surface area is 93.0 Å². The van der Waals surface area contributed by atoms with E-state index in [4.69, 9.17) is 0 Å². The van der Waals surface area contributed by atoms with Gasteiger partial charge in [-0.05, 0) is 24.1 Å². The van der Waals surface area contributed by atoms with Crippen molar-refractivity contribution in [2.75, 3.05) is 7.05 Å². The normalized spacial score (nSPS) is 27.8. The van der Waals surface area contributed by atoms with E-state index < -0.39 is 0 Å². The molecule has 2 rings (SSSR count). The molecule has 0 fully saturated rings. The monoisotopic (exact) mass is 307 g/mol. The number of allylic oxidation sites excluding steroid dienone is 3. The lowest BCUT2D eigenvalue weighted by Gasteiger charge is -2.16. The third-order valence-electron chi connectivity index (χ3n) is 1.79. The number of rotatable bonds is 0. The molecule has 2 aliphatic rings. The smallest absolute Gasteiger partial charge is 0.0837 e. The molecule has 0 N–H and O–H groups in total. The van der Waals surface area contributed by atoms with Crippen molar-refractivity contribution in [1.82, 2.24) is 4.31 Å². The summed E-state index contributed by atoms with van der Waals surface area (Å²) in [6, 6.07) is 0. The van der Waals surface area contributed by atoms with Gasteiger partial charge in [-0.25, -0.2) is 0 Å². The maximum atomic E-state index is 3.56. The first-order valence-corrected chi connectivity index (χ1v) is 5.95. The van der Waals surface area contributed by atoms with E-state index in [9.17, 15) is 0 Å². The molecule has 1 atom stereocenters. The SMILES string of the molecule is CN1C=C2C(Br)=CC=C(Br)C2S1. The minimum atomic E-state index is 0.453. The van der Waals surface area contributed by atoms with Crippen molar-refractivity contribution >= 4 is 43.8 Å². The molecule has 1 unspecified atom stereocenters. The van der Waals surface area contributed by atoms with E-state index in [0.29, 0.717) is 5.25 Å². The van der Waals surface area contributed by atoms with E-state index >= 15 is 0 Å². The second-order valence-electron chi connectivity index (χ2n) is 2.68. The third kappa shape index (κ3) is 1.40. The van der Waals surface area contributed by atoms with E-state index in [1.165, 1.54) is 14.5 Å². The van der Waals surface area contributed by atoms with E-state index in [2.05, 4.69) is 61.6 Å². The van der Waals surface area contributed by atoms with Crippen LogP contribution in [0.1, 0.15) is 0 Å². The van der Waals surface area contributed by atoms with Crippen molar-refractivity contribution < 1.29 is 0 Å². The van der Waals surface area contributed by atoms with Crippen molar-refractivity contribution in [3.8, 4) is 0 Å². The second-order valence-corrected chi connectivity index (χ2v) is 5.71. The van der Waals surface area contributed by atoms with Crippen LogP contribution in [0.2, 0.25) is 0 Å². The first kappa shape index (κ1) is 8.91. The van der Waals surface area contributed by atoms with Crippen molar-refractivity contribution in [3.63, 3.8) is 0 Å². The first-order chi connectivity index (χ1) is 5.68. The summed E-state index contributed by atoms with van der Waals surface area (Å²) in [5.74, 6) is 0. The Balaban J connectivity index is 2.40. The molecular weight excluding hydrogens is 302 g/mol. The molecule has 64 valence electrons. The zero-order valence-corrected chi connectivity index (χ0v) is 10.4. The number of nitrogens with zero attached hydrogens (tertiary/aromatic N) is 1. The maximum Gasteiger partial charge on any atom is 0.0837 e. The number of hydrogen-bond acceptors (Lipinski definition) is 2. The lowest BCUT2D eigenvalue weighted by molar-refractivity contribution is 0.786. The summed E-state index contributed by atoms with van der Waals surface area (Å²) in [7, 11) is 2.07. The molecule has 0 aromatic rings. The molecule has 0 spiro atoms. The van der Waals surface area contributed by atoms with Crippen molar-refractivity contribution in [2.45, 2.75) is 5.25 Å². The van der Waals surface area contributed by atoms with Gasteiger partial charge in [-0.1, -0.05) is 31.9 Å². The fourth-order valence-corrected chi connectivity index (χ4v) is 3.47. The second kappa shape index (κ2) is 3.24. The Morgan fingerprint density at radius 1 is 1.42 bits per heavy atom. The Morgan fingerprint density at radius 2 is 2.17 bits per heavy atom. The molecule has 12 heavy (non-hydrogen) atoms. The van der Waals surface area contributed by atoms with Gasteiger partial charge in [0.25, 0.3) is 0 Å². The fourth-order valence-electron chi connectivity index (χ4n) is 1.24. The van der Waals surface area contributed by atoms with Crippen LogP contribution in [0.15, 0.2) is 32.9 Å². The average Bonchev–Trinajstić information content (AvgIpc) is 2.41. The Hall–Kier alpha value is 0.330. The average molecular weight is 309 g/mol. The molecule has 4 heteroatoms. The largest absolute Gasteiger partial charge is 0.325 e. The predicted molar refractivity (Wildman–Crippen MR) is 61.2 cm³/mol. The highest BCUT2D eigenvalue weighted by molar-refractivity contribution is 9.12. The Morgan fingerprint density at radius 3 is 2.83 bits per heavy atom. The van der Waals surface area contributed by atoms with Crippen LogP contribution in [0.3, 0.4) is 0 Å².